The van der Waals surface area contributed by atoms with E-state index in [-0.39, 0.29) is 0 Å². The summed E-state index contributed by atoms with van der Waals surface area (Å²) in [6.45, 7) is 0.501. The monoisotopic (exact) mass is 269 g/mol. The Kier molecular flexibility index (Phi) is 4.72. The van der Waals surface area contributed by atoms with Crippen LogP contribution in [0.5, 0.6) is 5.75 Å². The molecule has 102 valence electrons. The van der Waals surface area contributed by atoms with Crippen LogP contribution in [0.4, 0.5) is 4.79 Å². The van der Waals surface area contributed by atoms with Crippen LogP contribution in [0.3, 0.4) is 0 Å². The van der Waals surface area contributed by atoms with Crippen molar-refractivity contribution in [2.45, 2.75) is 6.61 Å². The summed E-state index contributed by atoms with van der Waals surface area (Å²) >= 11 is 0. The predicted octanol–water partition coefficient (Wildman–Crippen LogP) is 2.27. The van der Waals surface area contributed by atoms with Crippen LogP contribution >= 0.6 is 0 Å². The van der Waals surface area contributed by atoms with Crippen molar-refractivity contribution in [3.63, 3.8) is 0 Å². The minimum Gasteiger partial charge on any atom is -0.489 e. The van der Waals surface area contributed by atoms with Crippen LogP contribution in [0.15, 0.2) is 59.7 Å². The molecule has 0 bridgehead atoms. The second-order valence-electron chi connectivity index (χ2n) is 4.08. The molecule has 0 saturated heterocycles. The van der Waals surface area contributed by atoms with Gasteiger partial charge in [0.25, 0.3) is 0 Å². The molecule has 0 aliphatic rings. The van der Waals surface area contributed by atoms with E-state index >= 15 is 0 Å². The smallest absolute Gasteiger partial charge is 0.332 e. The van der Waals surface area contributed by atoms with E-state index in [1.54, 1.807) is 0 Å². The van der Waals surface area contributed by atoms with Crippen molar-refractivity contribution in [3.05, 3.63) is 65.7 Å². The van der Waals surface area contributed by atoms with Gasteiger partial charge in [0, 0.05) is 0 Å². The molecular weight excluding hydrogens is 254 g/mol. The third-order valence-corrected chi connectivity index (χ3v) is 2.49. The highest BCUT2D eigenvalue weighted by Crippen LogP contribution is 2.14. The zero-order chi connectivity index (χ0) is 14.2. The molecule has 2 aromatic rings. The second kappa shape index (κ2) is 6.94. The zero-order valence-corrected chi connectivity index (χ0v) is 10.8. The lowest BCUT2D eigenvalue weighted by Gasteiger charge is -2.06. The third kappa shape index (κ3) is 4.45. The Morgan fingerprint density at radius 3 is 2.75 bits per heavy atom. The normalized spacial score (nSPS) is 10.4. The first kappa shape index (κ1) is 13.6. The van der Waals surface area contributed by atoms with E-state index in [1.165, 1.54) is 6.21 Å². The van der Waals surface area contributed by atoms with Gasteiger partial charge in [-0.3, -0.25) is 0 Å². The lowest BCUT2D eigenvalue weighted by Crippen LogP contribution is -2.24. The SMILES string of the molecule is NC(=O)N/N=C\c1cccc(OCc2ccccc2)c1. The van der Waals surface area contributed by atoms with Crippen LogP contribution < -0.4 is 15.9 Å². The highest BCUT2D eigenvalue weighted by molar-refractivity contribution is 5.81. The average Bonchev–Trinajstić information content (AvgIpc) is 2.46. The van der Waals surface area contributed by atoms with Gasteiger partial charge in [-0.1, -0.05) is 42.5 Å². The van der Waals surface area contributed by atoms with E-state index in [0.717, 1.165) is 16.9 Å². The topological polar surface area (TPSA) is 76.7 Å². The highest BCUT2D eigenvalue weighted by atomic mass is 16.5. The Balaban J connectivity index is 1.95. The summed E-state index contributed by atoms with van der Waals surface area (Å²) < 4.78 is 5.69. The van der Waals surface area contributed by atoms with E-state index in [0.29, 0.717) is 6.61 Å². The minimum absolute atomic E-state index is 0.501. The number of hydrogen-bond donors (Lipinski definition) is 2. The van der Waals surface area contributed by atoms with Crippen LogP contribution in [0.25, 0.3) is 0 Å². The predicted molar refractivity (Wildman–Crippen MR) is 77.5 cm³/mol. The number of nitrogens with one attached hydrogen (secondary N) is 1. The third-order valence-electron chi connectivity index (χ3n) is 2.49. The number of ether oxygens (including phenoxy) is 1. The minimum atomic E-state index is -0.697. The Morgan fingerprint density at radius 2 is 2.00 bits per heavy atom. The Bertz CT molecular complexity index is 597. The summed E-state index contributed by atoms with van der Waals surface area (Å²) in [6, 6.07) is 16.6. The maximum Gasteiger partial charge on any atom is 0.332 e. The second-order valence-corrected chi connectivity index (χ2v) is 4.08. The van der Waals surface area contributed by atoms with E-state index < -0.39 is 6.03 Å². The standard InChI is InChI=1S/C15H15N3O2/c16-15(19)18-17-10-13-7-4-8-14(9-13)20-11-12-5-2-1-3-6-12/h1-10H,11H2,(H3,16,18,19)/b17-10-. The number of urea groups is 1. The Morgan fingerprint density at radius 1 is 1.20 bits per heavy atom. The fraction of sp³-hybridized carbons (Fsp3) is 0.0667. The lowest BCUT2D eigenvalue weighted by molar-refractivity contribution is 0.249. The highest BCUT2D eigenvalue weighted by Gasteiger charge is 1.97. The molecule has 0 saturated carbocycles. The Hall–Kier alpha value is -2.82. The van der Waals surface area contributed by atoms with Gasteiger partial charge in [0.2, 0.25) is 0 Å². The average molecular weight is 269 g/mol. The molecule has 0 spiro atoms. The summed E-state index contributed by atoms with van der Waals surface area (Å²) in [4.78, 5) is 10.5. The number of carbonyl (C=O) groups excluding carboxylic acids is 1. The first-order valence-electron chi connectivity index (χ1n) is 6.09. The fourth-order valence-corrected chi connectivity index (χ4v) is 1.60. The molecule has 2 aromatic carbocycles. The van der Waals surface area contributed by atoms with Gasteiger partial charge < -0.3 is 10.5 Å². The molecule has 0 atom stereocenters. The van der Waals surface area contributed by atoms with Crippen molar-refractivity contribution in [2.24, 2.45) is 10.8 Å². The molecule has 0 radical (unpaired) electrons. The summed E-state index contributed by atoms with van der Waals surface area (Å²) in [7, 11) is 0. The number of carbonyl (C=O) groups is 1. The van der Waals surface area contributed by atoms with Crippen LogP contribution in [0.1, 0.15) is 11.1 Å². The van der Waals surface area contributed by atoms with Gasteiger partial charge >= 0.3 is 6.03 Å². The van der Waals surface area contributed by atoms with E-state index in [2.05, 4.69) is 10.5 Å². The lowest BCUT2D eigenvalue weighted by atomic mass is 10.2. The van der Waals surface area contributed by atoms with Crippen molar-refractivity contribution >= 4 is 12.2 Å². The van der Waals surface area contributed by atoms with Gasteiger partial charge in [-0.25, -0.2) is 10.2 Å². The molecule has 0 aliphatic carbocycles. The van der Waals surface area contributed by atoms with Gasteiger partial charge in [0.05, 0.1) is 6.21 Å². The van der Waals surface area contributed by atoms with Gasteiger partial charge in [0.1, 0.15) is 12.4 Å². The van der Waals surface area contributed by atoms with Gasteiger partial charge in [-0.2, -0.15) is 5.10 Å². The number of rotatable bonds is 5. The number of nitrogens with two attached hydrogens (primary N) is 1. The van der Waals surface area contributed by atoms with Crippen LogP contribution in [0.2, 0.25) is 0 Å². The molecule has 0 heterocycles. The first-order valence-corrected chi connectivity index (χ1v) is 6.09. The molecular formula is C15H15N3O2. The molecule has 0 fully saturated rings. The molecule has 2 rings (SSSR count). The van der Waals surface area contributed by atoms with Crippen LogP contribution in [-0.4, -0.2) is 12.2 Å². The number of hydrogen-bond acceptors (Lipinski definition) is 3. The van der Waals surface area contributed by atoms with Gasteiger partial charge in [-0.15, -0.1) is 0 Å². The largest absolute Gasteiger partial charge is 0.489 e. The van der Waals surface area contributed by atoms with Crippen molar-refractivity contribution < 1.29 is 9.53 Å². The molecule has 5 nitrogen and oxygen atoms in total. The quantitative estimate of drug-likeness (QED) is 0.645. The zero-order valence-electron chi connectivity index (χ0n) is 10.8. The number of nitrogens with zero attached hydrogens (tertiary/aromatic N) is 1. The van der Waals surface area contributed by atoms with E-state index in [1.807, 2.05) is 54.6 Å². The summed E-state index contributed by atoms with van der Waals surface area (Å²) in [5.74, 6) is 0.733. The molecule has 2 amide bonds. The Labute approximate surface area is 117 Å². The van der Waals surface area contributed by atoms with Gasteiger partial charge in [0.15, 0.2) is 0 Å². The summed E-state index contributed by atoms with van der Waals surface area (Å²) in [5, 5.41) is 3.70. The number of amides is 2. The van der Waals surface area contributed by atoms with Crippen molar-refractivity contribution in [1.29, 1.82) is 0 Å². The number of hydrazone groups is 1. The van der Waals surface area contributed by atoms with Crippen LogP contribution in [0, 0.1) is 0 Å². The fourth-order valence-electron chi connectivity index (χ4n) is 1.60. The molecule has 0 aromatic heterocycles. The number of benzene rings is 2. The van der Waals surface area contributed by atoms with Crippen molar-refractivity contribution in [1.82, 2.24) is 5.43 Å². The maximum absolute atomic E-state index is 10.5. The van der Waals surface area contributed by atoms with Crippen molar-refractivity contribution in [3.8, 4) is 5.75 Å². The summed E-state index contributed by atoms with van der Waals surface area (Å²) in [5.41, 5.74) is 8.96. The molecule has 0 aliphatic heterocycles. The number of primary amides is 1. The molecule has 0 unspecified atom stereocenters. The molecule has 20 heavy (non-hydrogen) atoms. The summed E-state index contributed by atoms with van der Waals surface area (Å²) in [6.07, 6.45) is 1.50. The van der Waals surface area contributed by atoms with E-state index in [9.17, 15) is 4.79 Å². The van der Waals surface area contributed by atoms with E-state index in [4.69, 9.17) is 10.5 Å². The molecule has 5 heteroatoms. The van der Waals surface area contributed by atoms with Crippen molar-refractivity contribution in [2.75, 3.05) is 0 Å². The van der Waals surface area contributed by atoms with Crippen LogP contribution in [-0.2, 0) is 6.61 Å². The maximum atomic E-state index is 10.5. The first-order chi connectivity index (χ1) is 9.74. The van der Waals surface area contributed by atoms with Gasteiger partial charge in [-0.05, 0) is 23.3 Å². The molecule has 3 N–H and O–H groups in total.